The molecule has 1 unspecified atom stereocenters. The van der Waals surface area contributed by atoms with E-state index in [1.807, 2.05) is 31.2 Å². The summed E-state index contributed by atoms with van der Waals surface area (Å²) >= 11 is 0. The van der Waals surface area contributed by atoms with E-state index in [-0.39, 0.29) is 24.3 Å². The molecule has 0 saturated carbocycles. The number of nitrogens with one attached hydrogen (secondary N) is 2. The second-order valence-corrected chi connectivity index (χ2v) is 9.11. The maximum atomic E-state index is 12.7. The van der Waals surface area contributed by atoms with Crippen molar-refractivity contribution in [1.82, 2.24) is 10.6 Å². The fraction of sp³-hybridized carbons (Fsp3) is 0.333. The van der Waals surface area contributed by atoms with Crippen molar-refractivity contribution < 1.29 is 22.7 Å². The Hall–Kier alpha value is -2.87. The highest BCUT2D eigenvalue weighted by Crippen LogP contribution is 2.17. The third-order valence-electron chi connectivity index (χ3n) is 4.34. The van der Waals surface area contributed by atoms with Crippen molar-refractivity contribution in [2.45, 2.75) is 25.9 Å². The monoisotopic (exact) mass is 418 g/mol. The number of methoxy groups -OCH3 is 1. The Morgan fingerprint density at radius 1 is 1.07 bits per heavy atom. The molecule has 0 spiro atoms. The first-order valence-corrected chi connectivity index (χ1v) is 11.2. The zero-order chi connectivity index (χ0) is 21.4. The number of benzene rings is 2. The Morgan fingerprint density at radius 3 is 2.34 bits per heavy atom. The summed E-state index contributed by atoms with van der Waals surface area (Å²) in [5.74, 6) is -0.808. The van der Waals surface area contributed by atoms with Gasteiger partial charge in [0, 0.05) is 12.8 Å². The molecule has 2 rings (SSSR count). The first-order chi connectivity index (χ1) is 13.7. The van der Waals surface area contributed by atoms with E-state index in [9.17, 15) is 18.0 Å². The quantitative estimate of drug-likeness (QED) is 0.647. The molecule has 0 fully saturated rings. The van der Waals surface area contributed by atoms with E-state index in [0.29, 0.717) is 5.75 Å². The molecule has 8 heteroatoms. The molecule has 0 heterocycles. The standard InChI is InChI=1S/C21H26N2O5S/c1-15-8-10-16(11-9-15)14-22-21(25)18(12-13-29(3,26)27)23-20(24)17-6-4-5-7-19(17)28-2/h4-11,18H,12-14H2,1-3H3,(H,22,25)(H,23,24). The SMILES string of the molecule is COc1ccccc1C(=O)NC(CCS(C)(=O)=O)C(=O)NCc1ccc(C)cc1. The van der Waals surface area contributed by atoms with Crippen LogP contribution in [-0.2, 0) is 21.2 Å². The fourth-order valence-corrected chi connectivity index (χ4v) is 3.35. The van der Waals surface area contributed by atoms with Gasteiger partial charge in [0.2, 0.25) is 5.91 Å². The van der Waals surface area contributed by atoms with Crippen molar-refractivity contribution in [3.63, 3.8) is 0 Å². The number of rotatable bonds is 9. The number of sulfone groups is 1. The highest BCUT2D eigenvalue weighted by atomic mass is 32.2. The Labute approximate surface area is 171 Å². The third kappa shape index (κ3) is 7.23. The minimum absolute atomic E-state index is 0.0283. The predicted molar refractivity (Wildman–Crippen MR) is 112 cm³/mol. The first-order valence-electron chi connectivity index (χ1n) is 9.14. The van der Waals surface area contributed by atoms with E-state index in [1.165, 1.54) is 7.11 Å². The number of hydrogen-bond acceptors (Lipinski definition) is 5. The van der Waals surface area contributed by atoms with Gasteiger partial charge >= 0.3 is 0 Å². The summed E-state index contributed by atoms with van der Waals surface area (Å²) in [5.41, 5.74) is 2.28. The lowest BCUT2D eigenvalue weighted by molar-refractivity contribution is -0.123. The van der Waals surface area contributed by atoms with Crippen LogP contribution in [0.3, 0.4) is 0 Å². The molecular weight excluding hydrogens is 392 g/mol. The minimum atomic E-state index is -3.29. The number of amides is 2. The third-order valence-corrected chi connectivity index (χ3v) is 5.32. The number of hydrogen-bond donors (Lipinski definition) is 2. The minimum Gasteiger partial charge on any atom is -0.496 e. The maximum Gasteiger partial charge on any atom is 0.255 e. The molecular formula is C21H26N2O5S. The Balaban J connectivity index is 2.11. The summed E-state index contributed by atoms with van der Waals surface area (Å²) in [7, 11) is -1.85. The molecule has 0 aliphatic rings. The Morgan fingerprint density at radius 2 is 1.72 bits per heavy atom. The van der Waals surface area contributed by atoms with Crippen molar-refractivity contribution in [3.05, 3.63) is 65.2 Å². The number of carbonyl (C=O) groups is 2. The molecule has 0 aliphatic heterocycles. The van der Waals surface area contributed by atoms with Crippen LogP contribution in [0.1, 0.15) is 27.9 Å². The van der Waals surface area contributed by atoms with Crippen LogP contribution in [-0.4, -0.2) is 45.4 Å². The molecule has 2 aromatic rings. The van der Waals surface area contributed by atoms with Crippen LogP contribution in [0, 0.1) is 6.92 Å². The highest BCUT2D eigenvalue weighted by molar-refractivity contribution is 7.90. The van der Waals surface area contributed by atoms with Crippen molar-refractivity contribution in [2.75, 3.05) is 19.1 Å². The van der Waals surface area contributed by atoms with Gasteiger partial charge in [-0.05, 0) is 31.0 Å². The average molecular weight is 419 g/mol. The van der Waals surface area contributed by atoms with Gasteiger partial charge in [-0.25, -0.2) is 8.42 Å². The average Bonchev–Trinajstić information content (AvgIpc) is 2.69. The van der Waals surface area contributed by atoms with Gasteiger partial charge in [0.05, 0.1) is 18.4 Å². The topological polar surface area (TPSA) is 102 Å². The van der Waals surface area contributed by atoms with Gasteiger partial charge in [-0.15, -0.1) is 0 Å². The van der Waals surface area contributed by atoms with Gasteiger partial charge in [0.25, 0.3) is 5.91 Å². The van der Waals surface area contributed by atoms with Crippen LogP contribution in [0.5, 0.6) is 5.75 Å². The Bertz CT molecular complexity index is 955. The van der Waals surface area contributed by atoms with Crippen molar-refractivity contribution in [1.29, 1.82) is 0 Å². The molecule has 1 atom stereocenters. The second kappa shape index (κ2) is 10.1. The fourth-order valence-electron chi connectivity index (χ4n) is 2.69. The van der Waals surface area contributed by atoms with E-state index in [4.69, 9.17) is 4.74 Å². The van der Waals surface area contributed by atoms with Crippen LogP contribution in [0.4, 0.5) is 0 Å². The van der Waals surface area contributed by atoms with Gasteiger partial charge < -0.3 is 15.4 Å². The second-order valence-electron chi connectivity index (χ2n) is 6.85. The molecule has 2 amide bonds. The van der Waals surface area contributed by atoms with Gasteiger partial charge in [-0.3, -0.25) is 9.59 Å². The lowest BCUT2D eigenvalue weighted by Crippen LogP contribution is -2.47. The summed E-state index contributed by atoms with van der Waals surface area (Å²) in [6, 6.07) is 13.3. The highest BCUT2D eigenvalue weighted by Gasteiger charge is 2.24. The first kappa shape index (κ1) is 22.4. The summed E-state index contributed by atoms with van der Waals surface area (Å²) in [6.07, 6.45) is 1.07. The van der Waals surface area contributed by atoms with Gasteiger partial charge in [-0.2, -0.15) is 0 Å². The number of aryl methyl sites for hydroxylation is 1. The molecule has 0 aromatic heterocycles. The Kier molecular flexibility index (Phi) is 7.78. The summed E-state index contributed by atoms with van der Waals surface area (Å²) in [4.78, 5) is 25.3. The van der Waals surface area contributed by atoms with Crippen LogP contribution in [0.25, 0.3) is 0 Å². The van der Waals surface area contributed by atoms with Crippen molar-refractivity contribution in [2.24, 2.45) is 0 Å². The normalized spacial score (nSPS) is 12.1. The van der Waals surface area contributed by atoms with E-state index < -0.39 is 27.7 Å². The zero-order valence-corrected chi connectivity index (χ0v) is 17.6. The van der Waals surface area contributed by atoms with Gasteiger partial charge in [0.15, 0.2) is 0 Å². The molecule has 2 N–H and O–H groups in total. The van der Waals surface area contributed by atoms with Crippen LogP contribution in [0.15, 0.2) is 48.5 Å². The van der Waals surface area contributed by atoms with Crippen molar-refractivity contribution >= 4 is 21.7 Å². The lowest BCUT2D eigenvalue weighted by atomic mass is 10.1. The zero-order valence-electron chi connectivity index (χ0n) is 16.8. The summed E-state index contributed by atoms with van der Waals surface area (Å²) in [5, 5.41) is 5.39. The van der Waals surface area contributed by atoms with Crippen LogP contribution < -0.4 is 15.4 Å². The molecule has 0 saturated heterocycles. The van der Waals surface area contributed by atoms with E-state index in [2.05, 4.69) is 10.6 Å². The maximum absolute atomic E-state index is 12.7. The lowest BCUT2D eigenvalue weighted by Gasteiger charge is -2.19. The number of para-hydroxylation sites is 1. The summed E-state index contributed by atoms with van der Waals surface area (Å²) < 4.78 is 28.3. The van der Waals surface area contributed by atoms with Gasteiger partial charge in [-0.1, -0.05) is 42.0 Å². The smallest absolute Gasteiger partial charge is 0.255 e. The van der Waals surface area contributed by atoms with Crippen LogP contribution in [0.2, 0.25) is 0 Å². The van der Waals surface area contributed by atoms with Crippen LogP contribution >= 0.6 is 0 Å². The summed E-state index contributed by atoms with van der Waals surface area (Å²) in [6.45, 7) is 2.25. The van der Waals surface area contributed by atoms with E-state index in [0.717, 1.165) is 17.4 Å². The molecule has 7 nitrogen and oxygen atoms in total. The van der Waals surface area contributed by atoms with E-state index >= 15 is 0 Å². The molecule has 29 heavy (non-hydrogen) atoms. The van der Waals surface area contributed by atoms with Crippen molar-refractivity contribution in [3.8, 4) is 5.75 Å². The predicted octanol–water partition coefficient (Wildman–Crippen LogP) is 1.85. The van der Waals surface area contributed by atoms with Gasteiger partial charge in [0.1, 0.15) is 21.6 Å². The molecule has 0 bridgehead atoms. The molecule has 2 aromatic carbocycles. The molecule has 0 radical (unpaired) electrons. The molecule has 156 valence electrons. The number of ether oxygens (including phenoxy) is 1. The number of carbonyl (C=O) groups excluding carboxylic acids is 2. The van der Waals surface area contributed by atoms with E-state index in [1.54, 1.807) is 24.3 Å². The molecule has 0 aliphatic carbocycles. The largest absolute Gasteiger partial charge is 0.496 e.